The van der Waals surface area contributed by atoms with Crippen molar-refractivity contribution >= 4 is 11.8 Å². The van der Waals surface area contributed by atoms with Gasteiger partial charge < -0.3 is 20.1 Å². The standard InChI is InChI=1S/C22H34N2O4/c1-13(2)20(22(26)23-19-9-7-8-14(3)15(19)4)24-21(25)16-10-17(27-5)12-18(11-16)28-6/h10-15,19-20H,7-9H2,1-6H3,(H,23,26)(H,24,25). The highest BCUT2D eigenvalue weighted by Gasteiger charge is 2.32. The van der Waals surface area contributed by atoms with E-state index in [0.717, 1.165) is 12.8 Å². The van der Waals surface area contributed by atoms with E-state index in [1.54, 1.807) is 18.2 Å². The smallest absolute Gasteiger partial charge is 0.252 e. The Balaban J connectivity index is 2.11. The van der Waals surface area contributed by atoms with E-state index in [2.05, 4.69) is 24.5 Å². The minimum atomic E-state index is -0.603. The number of hydrogen-bond acceptors (Lipinski definition) is 4. The SMILES string of the molecule is COc1cc(OC)cc(C(=O)NC(C(=O)NC2CCCC(C)C2C)C(C)C)c1. The Kier molecular flexibility index (Phi) is 7.72. The number of benzene rings is 1. The molecule has 0 heterocycles. The fourth-order valence-corrected chi connectivity index (χ4v) is 3.76. The van der Waals surface area contributed by atoms with Crippen molar-refractivity contribution in [3.63, 3.8) is 0 Å². The third-order valence-corrected chi connectivity index (χ3v) is 5.88. The summed E-state index contributed by atoms with van der Waals surface area (Å²) in [6.07, 6.45) is 3.32. The number of ether oxygens (including phenoxy) is 2. The lowest BCUT2D eigenvalue weighted by molar-refractivity contribution is -0.125. The van der Waals surface area contributed by atoms with Crippen molar-refractivity contribution in [2.45, 2.75) is 59.0 Å². The molecular formula is C22H34N2O4. The third kappa shape index (κ3) is 5.40. The van der Waals surface area contributed by atoms with Crippen LogP contribution < -0.4 is 20.1 Å². The summed E-state index contributed by atoms with van der Waals surface area (Å²) in [6, 6.07) is 4.53. The molecule has 4 atom stereocenters. The number of carbonyl (C=O) groups is 2. The molecule has 1 aromatic carbocycles. The molecule has 2 amide bonds. The van der Waals surface area contributed by atoms with Crippen molar-refractivity contribution in [1.29, 1.82) is 0 Å². The van der Waals surface area contributed by atoms with Gasteiger partial charge in [-0.2, -0.15) is 0 Å². The molecule has 156 valence electrons. The maximum absolute atomic E-state index is 12.9. The minimum Gasteiger partial charge on any atom is -0.497 e. The summed E-state index contributed by atoms with van der Waals surface area (Å²) < 4.78 is 10.5. The van der Waals surface area contributed by atoms with Crippen LogP contribution >= 0.6 is 0 Å². The van der Waals surface area contributed by atoms with Crippen LogP contribution in [0.4, 0.5) is 0 Å². The average Bonchev–Trinajstić information content (AvgIpc) is 2.68. The summed E-state index contributed by atoms with van der Waals surface area (Å²) in [7, 11) is 3.07. The third-order valence-electron chi connectivity index (χ3n) is 5.88. The molecule has 6 nitrogen and oxygen atoms in total. The lowest BCUT2D eigenvalue weighted by atomic mass is 9.78. The summed E-state index contributed by atoms with van der Waals surface area (Å²) in [5, 5.41) is 6.07. The Hall–Kier alpha value is -2.24. The topological polar surface area (TPSA) is 76.7 Å². The average molecular weight is 391 g/mol. The quantitative estimate of drug-likeness (QED) is 0.748. The van der Waals surface area contributed by atoms with Crippen molar-refractivity contribution in [2.24, 2.45) is 17.8 Å². The van der Waals surface area contributed by atoms with Crippen LogP contribution in [0, 0.1) is 17.8 Å². The van der Waals surface area contributed by atoms with Gasteiger partial charge in [-0.05, 0) is 36.3 Å². The summed E-state index contributed by atoms with van der Waals surface area (Å²) >= 11 is 0. The predicted octanol–water partition coefficient (Wildman–Crippen LogP) is 3.40. The lowest BCUT2D eigenvalue weighted by Gasteiger charge is -2.36. The molecule has 1 fully saturated rings. The second-order valence-corrected chi connectivity index (χ2v) is 8.18. The number of nitrogens with one attached hydrogen (secondary N) is 2. The van der Waals surface area contributed by atoms with E-state index >= 15 is 0 Å². The molecule has 0 aliphatic heterocycles. The van der Waals surface area contributed by atoms with Crippen LogP contribution in [-0.2, 0) is 4.79 Å². The van der Waals surface area contributed by atoms with Gasteiger partial charge in [0, 0.05) is 17.7 Å². The van der Waals surface area contributed by atoms with Gasteiger partial charge in [-0.25, -0.2) is 0 Å². The van der Waals surface area contributed by atoms with Gasteiger partial charge in [-0.1, -0.05) is 40.5 Å². The Bertz CT molecular complexity index is 667. The Morgan fingerprint density at radius 3 is 2.18 bits per heavy atom. The van der Waals surface area contributed by atoms with Crippen LogP contribution in [0.3, 0.4) is 0 Å². The van der Waals surface area contributed by atoms with Crippen molar-refractivity contribution in [3.8, 4) is 11.5 Å². The zero-order valence-corrected chi connectivity index (χ0v) is 17.9. The molecule has 0 spiro atoms. The molecule has 1 aliphatic carbocycles. The normalized spacial score (nSPS) is 23.0. The van der Waals surface area contributed by atoms with Crippen LogP contribution in [0.15, 0.2) is 18.2 Å². The predicted molar refractivity (Wildman–Crippen MR) is 110 cm³/mol. The first-order valence-electron chi connectivity index (χ1n) is 10.1. The van der Waals surface area contributed by atoms with Crippen molar-refractivity contribution < 1.29 is 19.1 Å². The largest absolute Gasteiger partial charge is 0.497 e. The number of amides is 2. The first-order chi connectivity index (χ1) is 13.3. The van der Waals surface area contributed by atoms with E-state index in [9.17, 15) is 9.59 Å². The Morgan fingerprint density at radius 1 is 1.04 bits per heavy atom. The monoisotopic (exact) mass is 390 g/mol. The molecule has 0 bridgehead atoms. The molecule has 2 rings (SSSR count). The van der Waals surface area contributed by atoms with Crippen LogP contribution in [-0.4, -0.2) is 38.1 Å². The molecule has 1 saturated carbocycles. The fraction of sp³-hybridized carbons (Fsp3) is 0.636. The maximum atomic E-state index is 12.9. The van der Waals surface area contributed by atoms with Crippen LogP contribution in [0.5, 0.6) is 11.5 Å². The molecule has 6 heteroatoms. The van der Waals surface area contributed by atoms with E-state index < -0.39 is 6.04 Å². The van der Waals surface area contributed by atoms with Gasteiger partial charge in [0.05, 0.1) is 14.2 Å². The van der Waals surface area contributed by atoms with Crippen molar-refractivity contribution in [3.05, 3.63) is 23.8 Å². The molecular weight excluding hydrogens is 356 g/mol. The van der Waals surface area contributed by atoms with Gasteiger partial charge in [0.15, 0.2) is 0 Å². The Labute approximate surface area is 168 Å². The molecule has 0 radical (unpaired) electrons. The van der Waals surface area contributed by atoms with Gasteiger partial charge >= 0.3 is 0 Å². The van der Waals surface area contributed by atoms with E-state index in [0.29, 0.717) is 28.9 Å². The molecule has 0 aromatic heterocycles. The number of rotatable bonds is 7. The summed E-state index contributed by atoms with van der Waals surface area (Å²) in [6.45, 7) is 8.30. The number of methoxy groups -OCH3 is 2. The van der Waals surface area contributed by atoms with Gasteiger partial charge in [0.1, 0.15) is 17.5 Å². The zero-order valence-electron chi connectivity index (χ0n) is 17.9. The van der Waals surface area contributed by atoms with Gasteiger partial charge in [0.2, 0.25) is 5.91 Å². The van der Waals surface area contributed by atoms with Crippen LogP contribution in [0.2, 0.25) is 0 Å². The molecule has 1 aromatic rings. The van der Waals surface area contributed by atoms with Crippen molar-refractivity contribution in [2.75, 3.05) is 14.2 Å². The van der Waals surface area contributed by atoms with Crippen LogP contribution in [0.25, 0.3) is 0 Å². The van der Waals surface area contributed by atoms with E-state index in [-0.39, 0.29) is 23.8 Å². The summed E-state index contributed by atoms with van der Waals surface area (Å²) in [5.74, 6) is 1.60. The zero-order chi connectivity index (χ0) is 20.8. The summed E-state index contributed by atoms with van der Waals surface area (Å²) in [4.78, 5) is 25.7. The molecule has 2 N–H and O–H groups in total. The molecule has 28 heavy (non-hydrogen) atoms. The van der Waals surface area contributed by atoms with Gasteiger partial charge in [0.25, 0.3) is 5.91 Å². The van der Waals surface area contributed by atoms with E-state index in [1.807, 2.05) is 13.8 Å². The molecule has 4 unspecified atom stereocenters. The number of carbonyl (C=O) groups excluding carboxylic acids is 2. The number of hydrogen-bond donors (Lipinski definition) is 2. The first-order valence-corrected chi connectivity index (χ1v) is 10.1. The minimum absolute atomic E-state index is 0.0345. The van der Waals surface area contributed by atoms with E-state index in [1.165, 1.54) is 20.6 Å². The fourth-order valence-electron chi connectivity index (χ4n) is 3.76. The second kappa shape index (κ2) is 9.80. The van der Waals surface area contributed by atoms with Crippen LogP contribution in [0.1, 0.15) is 57.3 Å². The highest BCUT2D eigenvalue weighted by Crippen LogP contribution is 2.29. The maximum Gasteiger partial charge on any atom is 0.252 e. The molecule has 1 aliphatic rings. The first kappa shape index (κ1) is 22.1. The van der Waals surface area contributed by atoms with Crippen molar-refractivity contribution in [1.82, 2.24) is 10.6 Å². The Morgan fingerprint density at radius 2 is 1.64 bits per heavy atom. The second-order valence-electron chi connectivity index (χ2n) is 8.18. The van der Waals surface area contributed by atoms with Gasteiger partial charge in [-0.3, -0.25) is 9.59 Å². The highest BCUT2D eigenvalue weighted by molar-refractivity contribution is 5.98. The van der Waals surface area contributed by atoms with Gasteiger partial charge in [-0.15, -0.1) is 0 Å². The summed E-state index contributed by atoms with van der Waals surface area (Å²) in [5.41, 5.74) is 0.398. The lowest BCUT2D eigenvalue weighted by Crippen LogP contribution is -2.54. The highest BCUT2D eigenvalue weighted by atomic mass is 16.5. The van der Waals surface area contributed by atoms with E-state index in [4.69, 9.17) is 9.47 Å². The molecule has 0 saturated heterocycles.